The summed E-state index contributed by atoms with van der Waals surface area (Å²) in [5.41, 5.74) is 0. The molecule has 2 aliphatic rings. The molecule has 0 aromatic heterocycles. The first-order valence-corrected chi connectivity index (χ1v) is 7.23. The molecule has 4 heteroatoms. The molecule has 2 rings (SSSR count). The maximum Gasteiger partial charge on any atom is 0.308 e. The third-order valence-electron chi connectivity index (χ3n) is 4.67. The molecule has 18 heavy (non-hydrogen) atoms. The highest BCUT2D eigenvalue weighted by molar-refractivity contribution is 5.71. The second kappa shape index (κ2) is 6.02. The van der Waals surface area contributed by atoms with Crippen LogP contribution in [0.2, 0.25) is 0 Å². The van der Waals surface area contributed by atoms with Crippen LogP contribution in [-0.2, 0) is 4.79 Å². The smallest absolute Gasteiger partial charge is 0.308 e. The number of hydrogen-bond donors (Lipinski definition) is 1. The SMILES string of the molecule is CN(C)C1CCCN(C2CCCCC2C(=O)O)C1. The van der Waals surface area contributed by atoms with E-state index in [2.05, 4.69) is 23.9 Å². The molecule has 2 fully saturated rings. The molecule has 1 heterocycles. The fourth-order valence-corrected chi connectivity index (χ4v) is 3.54. The third kappa shape index (κ3) is 3.04. The summed E-state index contributed by atoms with van der Waals surface area (Å²) < 4.78 is 0. The molecule has 1 aliphatic carbocycles. The average molecular weight is 254 g/mol. The molecule has 0 bridgehead atoms. The van der Waals surface area contributed by atoms with Crippen molar-refractivity contribution in [2.45, 2.75) is 50.6 Å². The number of hydrogen-bond acceptors (Lipinski definition) is 3. The van der Waals surface area contributed by atoms with Crippen molar-refractivity contribution in [2.75, 3.05) is 27.2 Å². The lowest BCUT2D eigenvalue weighted by Gasteiger charge is -2.44. The molecule has 0 amide bonds. The number of likely N-dealkylation sites (N-methyl/N-ethyl adjacent to an activating group) is 1. The molecule has 104 valence electrons. The van der Waals surface area contributed by atoms with Gasteiger partial charge in [0.2, 0.25) is 0 Å². The van der Waals surface area contributed by atoms with Crippen molar-refractivity contribution in [3.8, 4) is 0 Å². The summed E-state index contributed by atoms with van der Waals surface area (Å²) in [5, 5.41) is 9.38. The lowest BCUT2D eigenvalue weighted by Crippen LogP contribution is -2.53. The molecular weight excluding hydrogens is 228 g/mol. The molecule has 0 radical (unpaired) electrons. The summed E-state index contributed by atoms with van der Waals surface area (Å²) in [7, 11) is 4.26. The lowest BCUT2D eigenvalue weighted by atomic mass is 9.82. The molecule has 1 aliphatic heterocycles. The van der Waals surface area contributed by atoms with Gasteiger partial charge in [-0.15, -0.1) is 0 Å². The monoisotopic (exact) mass is 254 g/mol. The highest BCUT2D eigenvalue weighted by Gasteiger charge is 2.36. The van der Waals surface area contributed by atoms with Gasteiger partial charge in [-0.25, -0.2) is 0 Å². The van der Waals surface area contributed by atoms with Crippen molar-refractivity contribution in [3.63, 3.8) is 0 Å². The van der Waals surface area contributed by atoms with Crippen LogP contribution in [0.1, 0.15) is 38.5 Å². The maximum absolute atomic E-state index is 11.4. The summed E-state index contributed by atoms with van der Waals surface area (Å²) in [6, 6.07) is 0.870. The Kier molecular flexibility index (Phi) is 4.62. The van der Waals surface area contributed by atoms with E-state index in [-0.39, 0.29) is 12.0 Å². The van der Waals surface area contributed by atoms with E-state index in [9.17, 15) is 9.90 Å². The average Bonchev–Trinajstić information content (AvgIpc) is 2.39. The zero-order chi connectivity index (χ0) is 13.1. The number of piperidine rings is 1. The van der Waals surface area contributed by atoms with E-state index in [1.165, 1.54) is 19.3 Å². The Morgan fingerprint density at radius 1 is 1.17 bits per heavy atom. The summed E-state index contributed by atoms with van der Waals surface area (Å²) in [5.74, 6) is -0.730. The van der Waals surface area contributed by atoms with Gasteiger partial charge in [-0.2, -0.15) is 0 Å². The Morgan fingerprint density at radius 2 is 1.89 bits per heavy atom. The van der Waals surface area contributed by atoms with Gasteiger partial charge in [0.25, 0.3) is 0 Å². The van der Waals surface area contributed by atoms with Crippen LogP contribution in [0.3, 0.4) is 0 Å². The number of aliphatic carboxylic acids is 1. The van der Waals surface area contributed by atoms with Crippen LogP contribution in [0.4, 0.5) is 0 Å². The number of carboxylic acid groups (broad SMARTS) is 1. The van der Waals surface area contributed by atoms with E-state index in [0.29, 0.717) is 6.04 Å². The minimum atomic E-state index is -0.591. The van der Waals surface area contributed by atoms with E-state index in [1.807, 2.05) is 0 Å². The van der Waals surface area contributed by atoms with E-state index < -0.39 is 5.97 Å². The third-order valence-corrected chi connectivity index (χ3v) is 4.67. The Morgan fingerprint density at radius 3 is 2.56 bits per heavy atom. The van der Waals surface area contributed by atoms with Crippen LogP contribution < -0.4 is 0 Å². The number of nitrogens with zero attached hydrogens (tertiary/aromatic N) is 2. The van der Waals surface area contributed by atoms with Gasteiger partial charge in [0.1, 0.15) is 0 Å². The first kappa shape index (κ1) is 13.8. The van der Waals surface area contributed by atoms with Crippen LogP contribution in [0.5, 0.6) is 0 Å². The van der Waals surface area contributed by atoms with Gasteiger partial charge >= 0.3 is 5.97 Å². The Hall–Kier alpha value is -0.610. The van der Waals surface area contributed by atoms with E-state index >= 15 is 0 Å². The normalized spacial score (nSPS) is 34.7. The Bertz CT molecular complexity index is 294. The topological polar surface area (TPSA) is 43.8 Å². The zero-order valence-corrected chi connectivity index (χ0v) is 11.6. The Balaban J connectivity index is 2.01. The van der Waals surface area contributed by atoms with Crippen molar-refractivity contribution in [1.82, 2.24) is 9.80 Å². The minimum Gasteiger partial charge on any atom is -0.481 e. The van der Waals surface area contributed by atoms with Gasteiger partial charge < -0.3 is 10.0 Å². The largest absolute Gasteiger partial charge is 0.481 e. The molecule has 1 N–H and O–H groups in total. The molecular formula is C14H26N2O2. The summed E-state index contributed by atoms with van der Waals surface area (Å²) >= 11 is 0. The number of carboxylic acids is 1. The quantitative estimate of drug-likeness (QED) is 0.832. The fourth-order valence-electron chi connectivity index (χ4n) is 3.54. The van der Waals surface area contributed by atoms with Crippen LogP contribution in [0, 0.1) is 5.92 Å². The van der Waals surface area contributed by atoms with Crippen molar-refractivity contribution in [3.05, 3.63) is 0 Å². The van der Waals surface area contributed by atoms with E-state index in [0.717, 1.165) is 32.4 Å². The van der Waals surface area contributed by atoms with Gasteiger partial charge in [0.05, 0.1) is 5.92 Å². The first-order chi connectivity index (χ1) is 8.59. The standard InChI is InChI=1S/C14H26N2O2/c1-15(2)11-6-5-9-16(10-11)13-8-4-3-7-12(13)14(17)18/h11-13H,3-10H2,1-2H3,(H,17,18). The summed E-state index contributed by atoms with van der Waals surface area (Å²) in [6.45, 7) is 2.13. The molecule has 1 saturated carbocycles. The summed E-state index contributed by atoms with van der Waals surface area (Å²) in [6.07, 6.45) is 6.65. The zero-order valence-electron chi connectivity index (χ0n) is 11.6. The molecule has 3 atom stereocenters. The second-order valence-corrected chi connectivity index (χ2v) is 6.05. The predicted octanol–water partition coefficient (Wildman–Crippen LogP) is 1.66. The second-order valence-electron chi connectivity index (χ2n) is 6.05. The van der Waals surface area contributed by atoms with Gasteiger partial charge in [0, 0.05) is 18.6 Å². The molecule has 1 saturated heterocycles. The van der Waals surface area contributed by atoms with Crippen LogP contribution in [0.15, 0.2) is 0 Å². The lowest BCUT2D eigenvalue weighted by molar-refractivity contribution is -0.146. The highest BCUT2D eigenvalue weighted by atomic mass is 16.4. The minimum absolute atomic E-state index is 0.139. The van der Waals surface area contributed by atoms with Gasteiger partial charge in [-0.3, -0.25) is 9.69 Å². The first-order valence-electron chi connectivity index (χ1n) is 7.23. The number of rotatable bonds is 3. The van der Waals surface area contributed by atoms with E-state index in [4.69, 9.17) is 0 Å². The highest BCUT2D eigenvalue weighted by Crippen LogP contribution is 2.31. The molecule has 4 nitrogen and oxygen atoms in total. The van der Waals surface area contributed by atoms with Gasteiger partial charge in [-0.1, -0.05) is 12.8 Å². The molecule has 0 aromatic carbocycles. The molecule has 0 aromatic rings. The number of carbonyl (C=O) groups is 1. The maximum atomic E-state index is 11.4. The van der Waals surface area contributed by atoms with Gasteiger partial charge in [0.15, 0.2) is 0 Å². The molecule has 0 spiro atoms. The van der Waals surface area contributed by atoms with Crippen molar-refractivity contribution in [2.24, 2.45) is 5.92 Å². The van der Waals surface area contributed by atoms with E-state index in [1.54, 1.807) is 0 Å². The van der Waals surface area contributed by atoms with Gasteiger partial charge in [-0.05, 0) is 46.3 Å². The van der Waals surface area contributed by atoms with Crippen LogP contribution in [0.25, 0.3) is 0 Å². The van der Waals surface area contributed by atoms with Crippen LogP contribution >= 0.6 is 0 Å². The fraction of sp³-hybridized carbons (Fsp3) is 0.929. The van der Waals surface area contributed by atoms with Crippen molar-refractivity contribution >= 4 is 5.97 Å². The molecule has 3 unspecified atom stereocenters. The summed E-state index contributed by atoms with van der Waals surface area (Å²) in [4.78, 5) is 16.1. The van der Waals surface area contributed by atoms with Crippen molar-refractivity contribution in [1.29, 1.82) is 0 Å². The predicted molar refractivity (Wildman–Crippen MR) is 71.7 cm³/mol. The number of likely N-dealkylation sites (tertiary alicyclic amines) is 1. The van der Waals surface area contributed by atoms with Crippen LogP contribution in [-0.4, -0.2) is 60.1 Å². The van der Waals surface area contributed by atoms with Crippen molar-refractivity contribution < 1.29 is 9.90 Å². The Labute approximate surface area is 110 Å².